The lowest BCUT2D eigenvalue weighted by Gasteiger charge is -2.15. The number of nitrogens with zero attached hydrogens (tertiary/aromatic N) is 4. The number of amides is 2. The molecule has 142 valence electrons. The molecule has 1 atom stereocenters. The summed E-state index contributed by atoms with van der Waals surface area (Å²) in [6, 6.07) is 5.19. The number of aromatic nitrogens is 2. The molecule has 0 aliphatic rings. The van der Waals surface area contributed by atoms with E-state index in [1.165, 1.54) is 12.1 Å². The lowest BCUT2D eigenvalue weighted by atomic mass is 10.2. The molecule has 0 radical (unpaired) electrons. The number of carbonyl (C=O) groups excluding carboxylic acids is 2. The third kappa shape index (κ3) is 5.05. The van der Waals surface area contributed by atoms with E-state index >= 15 is 0 Å². The highest BCUT2D eigenvalue weighted by molar-refractivity contribution is 6.00. The summed E-state index contributed by atoms with van der Waals surface area (Å²) < 4.78 is 0. The standard InChI is InChI=1S/C16H12N6O6/c17-6-5-12(15(24)20-9-1-3-13(16(25)26)18-7-9)21-14(23)11-4-2-10(8-19-11)22(27)28/h1-4,7-8,12H,5H2,(H,20,24)(H,21,23)(H,25,26)/t12-/m0/s1. The summed E-state index contributed by atoms with van der Waals surface area (Å²) in [5.74, 6) is -2.77. The molecule has 0 spiro atoms. The molecule has 2 rings (SSSR count). The normalized spacial score (nSPS) is 11.0. The monoisotopic (exact) mass is 384 g/mol. The summed E-state index contributed by atoms with van der Waals surface area (Å²) in [7, 11) is 0. The van der Waals surface area contributed by atoms with Gasteiger partial charge in [-0.3, -0.25) is 19.7 Å². The van der Waals surface area contributed by atoms with Gasteiger partial charge in [-0.15, -0.1) is 0 Å². The lowest BCUT2D eigenvalue weighted by Crippen LogP contribution is -2.43. The van der Waals surface area contributed by atoms with Crippen LogP contribution in [0.15, 0.2) is 36.7 Å². The number of anilines is 1. The van der Waals surface area contributed by atoms with Gasteiger partial charge >= 0.3 is 5.97 Å². The molecule has 0 aliphatic carbocycles. The zero-order valence-electron chi connectivity index (χ0n) is 14.0. The predicted octanol–water partition coefficient (Wildman–Crippen LogP) is 0.734. The average Bonchev–Trinajstić information content (AvgIpc) is 2.68. The van der Waals surface area contributed by atoms with Crippen molar-refractivity contribution in [2.24, 2.45) is 0 Å². The van der Waals surface area contributed by atoms with E-state index in [0.717, 1.165) is 24.5 Å². The molecule has 0 aromatic carbocycles. The van der Waals surface area contributed by atoms with E-state index in [2.05, 4.69) is 20.6 Å². The number of aromatic carboxylic acids is 1. The van der Waals surface area contributed by atoms with E-state index < -0.39 is 28.7 Å². The molecule has 0 bridgehead atoms. The molecule has 0 fully saturated rings. The second-order valence-electron chi connectivity index (χ2n) is 5.27. The Balaban J connectivity index is 2.07. The first-order chi connectivity index (χ1) is 13.3. The number of carboxylic acid groups (broad SMARTS) is 1. The van der Waals surface area contributed by atoms with Crippen molar-refractivity contribution in [2.45, 2.75) is 12.5 Å². The van der Waals surface area contributed by atoms with E-state index in [-0.39, 0.29) is 29.2 Å². The van der Waals surface area contributed by atoms with Crippen LogP contribution in [0.3, 0.4) is 0 Å². The van der Waals surface area contributed by atoms with Crippen molar-refractivity contribution in [1.82, 2.24) is 15.3 Å². The minimum atomic E-state index is -1.24. The van der Waals surface area contributed by atoms with Gasteiger partial charge in [-0.25, -0.2) is 14.8 Å². The molecule has 0 unspecified atom stereocenters. The quantitative estimate of drug-likeness (QED) is 0.456. The highest BCUT2D eigenvalue weighted by Gasteiger charge is 2.22. The Morgan fingerprint density at radius 3 is 2.36 bits per heavy atom. The largest absolute Gasteiger partial charge is 0.477 e. The first-order valence-electron chi connectivity index (χ1n) is 7.60. The van der Waals surface area contributed by atoms with Crippen LogP contribution in [0.25, 0.3) is 0 Å². The Hall–Kier alpha value is -4.40. The fourth-order valence-corrected chi connectivity index (χ4v) is 1.98. The predicted molar refractivity (Wildman–Crippen MR) is 92.2 cm³/mol. The molecule has 28 heavy (non-hydrogen) atoms. The Labute approximate surface area is 157 Å². The second-order valence-corrected chi connectivity index (χ2v) is 5.27. The molecule has 2 amide bonds. The molecule has 2 aromatic rings. The number of pyridine rings is 2. The molecule has 0 aliphatic heterocycles. The van der Waals surface area contributed by atoms with Crippen LogP contribution >= 0.6 is 0 Å². The van der Waals surface area contributed by atoms with Gasteiger partial charge in [0.1, 0.15) is 23.6 Å². The maximum Gasteiger partial charge on any atom is 0.354 e. The van der Waals surface area contributed by atoms with Gasteiger partial charge in [0.05, 0.1) is 29.3 Å². The van der Waals surface area contributed by atoms with Gasteiger partial charge in [-0.1, -0.05) is 0 Å². The fourth-order valence-electron chi connectivity index (χ4n) is 1.98. The van der Waals surface area contributed by atoms with Crippen LogP contribution in [0.4, 0.5) is 11.4 Å². The van der Waals surface area contributed by atoms with Gasteiger partial charge in [0.15, 0.2) is 0 Å². The van der Waals surface area contributed by atoms with E-state index in [1.54, 1.807) is 6.07 Å². The van der Waals surface area contributed by atoms with Gasteiger partial charge in [0.25, 0.3) is 11.6 Å². The molecule has 0 saturated carbocycles. The molecule has 12 heteroatoms. The number of hydrogen-bond donors (Lipinski definition) is 3. The number of hydrogen-bond acceptors (Lipinski definition) is 8. The van der Waals surface area contributed by atoms with Crippen molar-refractivity contribution in [2.75, 3.05) is 5.32 Å². The van der Waals surface area contributed by atoms with Crippen molar-refractivity contribution in [1.29, 1.82) is 5.26 Å². The Bertz CT molecular complexity index is 951. The minimum Gasteiger partial charge on any atom is -0.477 e. The molecule has 2 heterocycles. The maximum atomic E-state index is 12.3. The van der Waals surface area contributed by atoms with Crippen LogP contribution < -0.4 is 10.6 Å². The number of nitrogens with one attached hydrogen (secondary N) is 2. The fraction of sp³-hybridized carbons (Fsp3) is 0.125. The zero-order chi connectivity index (χ0) is 20.7. The van der Waals surface area contributed by atoms with Gasteiger partial charge in [-0.05, 0) is 18.2 Å². The smallest absolute Gasteiger partial charge is 0.354 e. The minimum absolute atomic E-state index is 0.167. The molecule has 3 N–H and O–H groups in total. The summed E-state index contributed by atoms with van der Waals surface area (Å²) in [6.07, 6.45) is 1.65. The number of carboxylic acids is 1. The van der Waals surface area contributed by atoms with Gasteiger partial charge in [-0.2, -0.15) is 5.26 Å². The van der Waals surface area contributed by atoms with Crippen LogP contribution in [0.2, 0.25) is 0 Å². The molecule has 12 nitrogen and oxygen atoms in total. The topological polar surface area (TPSA) is 188 Å². The zero-order valence-corrected chi connectivity index (χ0v) is 14.0. The van der Waals surface area contributed by atoms with E-state index in [1.807, 2.05) is 0 Å². The summed E-state index contributed by atoms with van der Waals surface area (Å²) in [5, 5.41) is 33.0. The van der Waals surface area contributed by atoms with Crippen LogP contribution in [0, 0.1) is 21.4 Å². The highest BCUT2D eigenvalue weighted by atomic mass is 16.6. The Morgan fingerprint density at radius 2 is 1.86 bits per heavy atom. The Kier molecular flexibility index (Phi) is 6.27. The first kappa shape index (κ1) is 19.9. The highest BCUT2D eigenvalue weighted by Crippen LogP contribution is 2.10. The van der Waals surface area contributed by atoms with E-state index in [9.17, 15) is 24.5 Å². The van der Waals surface area contributed by atoms with Crippen molar-refractivity contribution < 1.29 is 24.4 Å². The molecule has 0 saturated heterocycles. The summed E-state index contributed by atoms with van der Waals surface area (Å²) in [4.78, 5) is 52.5. The van der Waals surface area contributed by atoms with Crippen LogP contribution in [-0.2, 0) is 4.79 Å². The molecule has 2 aromatic heterocycles. The average molecular weight is 384 g/mol. The maximum absolute atomic E-state index is 12.3. The Morgan fingerprint density at radius 1 is 1.18 bits per heavy atom. The first-order valence-corrected chi connectivity index (χ1v) is 7.60. The van der Waals surface area contributed by atoms with Crippen molar-refractivity contribution in [3.63, 3.8) is 0 Å². The van der Waals surface area contributed by atoms with Crippen molar-refractivity contribution in [3.8, 4) is 6.07 Å². The van der Waals surface area contributed by atoms with E-state index in [4.69, 9.17) is 10.4 Å². The van der Waals surface area contributed by atoms with Crippen molar-refractivity contribution >= 4 is 29.2 Å². The lowest BCUT2D eigenvalue weighted by molar-refractivity contribution is -0.385. The van der Waals surface area contributed by atoms with Gasteiger partial charge < -0.3 is 15.7 Å². The molecular weight excluding hydrogens is 372 g/mol. The number of nitriles is 1. The van der Waals surface area contributed by atoms with E-state index in [0.29, 0.717) is 0 Å². The summed E-state index contributed by atoms with van der Waals surface area (Å²) in [5.41, 5.74) is -0.529. The number of carbonyl (C=O) groups is 3. The van der Waals surface area contributed by atoms with Crippen molar-refractivity contribution in [3.05, 3.63) is 58.2 Å². The molecular formula is C16H12N6O6. The van der Waals surface area contributed by atoms with Crippen LogP contribution in [0.5, 0.6) is 0 Å². The van der Waals surface area contributed by atoms with Gasteiger partial charge in [0, 0.05) is 6.07 Å². The van der Waals surface area contributed by atoms with Crippen LogP contribution in [-0.4, -0.2) is 43.8 Å². The number of rotatable bonds is 7. The number of nitro groups is 1. The van der Waals surface area contributed by atoms with Gasteiger partial charge in [0.2, 0.25) is 5.91 Å². The SMILES string of the molecule is N#CC[C@H](NC(=O)c1ccc([N+](=O)[O-])cn1)C(=O)Nc1ccc(C(=O)O)nc1. The third-order valence-electron chi connectivity index (χ3n) is 3.36. The second kappa shape index (κ2) is 8.81. The third-order valence-corrected chi connectivity index (χ3v) is 3.36. The summed E-state index contributed by atoms with van der Waals surface area (Å²) >= 11 is 0. The summed E-state index contributed by atoms with van der Waals surface area (Å²) in [6.45, 7) is 0. The van der Waals surface area contributed by atoms with Crippen LogP contribution in [0.1, 0.15) is 27.4 Å².